The number of rotatable bonds is 6. The second kappa shape index (κ2) is 7.65. The summed E-state index contributed by atoms with van der Waals surface area (Å²) < 4.78 is 5.78. The topological polar surface area (TPSA) is 38.2 Å². The minimum absolute atomic E-state index is 0.511. The fraction of sp³-hybridized carbons (Fsp3) is 0.545. The van der Waals surface area contributed by atoms with E-state index in [9.17, 15) is 0 Å². The van der Waals surface area contributed by atoms with Crippen molar-refractivity contribution in [2.75, 3.05) is 24.6 Å². The van der Waals surface area contributed by atoms with Crippen molar-refractivity contribution in [3.05, 3.63) is 47.3 Å². The Kier molecular flexibility index (Phi) is 5.09. The number of hydrogen-bond donors (Lipinski definition) is 0. The monoisotopic (exact) mass is 351 g/mol. The fourth-order valence-corrected chi connectivity index (χ4v) is 4.21. The number of aryl methyl sites for hydroxylation is 2. The van der Waals surface area contributed by atoms with Crippen LogP contribution >= 0.6 is 0 Å². The van der Waals surface area contributed by atoms with Crippen LogP contribution < -0.4 is 9.64 Å². The van der Waals surface area contributed by atoms with Crippen LogP contribution in [0.15, 0.2) is 30.6 Å². The smallest absolute Gasteiger partial charge is 0.316 e. The molecular weight excluding hydrogens is 322 g/mol. The Morgan fingerprint density at radius 1 is 1.12 bits per heavy atom. The van der Waals surface area contributed by atoms with Gasteiger partial charge in [0, 0.05) is 31.2 Å². The quantitative estimate of drug-likeness (QED) is 0.767. The molecule has 2 heterocycles. The highest BCUT2D eigenvalue weighted by Gasteiger charge is 2.32. The zero-order chi connectivity index (χ0) is 17.9. The van der Waals surface area contributed by atoms with Crippen LogP contribution in [0.2, 0.25) is 0 Å². The van der Waals surface area contributed by atoms with E-state index in [-0.39, 0.29) is 0 Å². The van der Waals surface area contributed by atoms with Gasteiger partial charge in [-0.05, 0) is 79.7 Å². The van der Waals surface area contributed by atoms with Crippen molar-refractivity contribution in [2.45, 2.75) is 51.9 Å². The number of benzene rings is 1. The molecule has 2 aliphatic rings. The maximum Gasteiger partial charge on any atom is 0.316 e. The summed E-state index contributed by atoms with van der Waals surface area (Å²) >= 11 is 0. The molecule has 0 spiro atoms. The number of nitrogens with zero attached hydrogens (tertiary/aromatic N) is 3. The Morgan fingerprint density at radius 2 is 1.85 bits per heavy atom. The second-order valence-corrected chi connectivity index (χ2v) is 7.81. The van der Waals surface area contributed by atoms with Crippen LogP contribution in [0.5, 0.6) is 6.01 Å². The molecular formula is C22H29N3O. The van der Waals surface area contributed by atoms with Crippen molar-refractivity contribution < 1.29 is 4.74 Å². The van der Waals surface area contributed by atoms with Gasteiger partial charge in [0.05, 0.1) is 6.61 Å². The second-order valence-electron chi connectivity index (χ2n) is 7.81. The number of aromatic nitrogens is 2. The number of ether oxygens (including phenoxy) is 1. The van der Waals surface area contributed by atoms with Gasteiger partial charge >= 0.3 is 6.01 Å². The lowest BCUT2D eigenvalue weighted by Gasteiger charge is -2.36. The summed E-state index contributed by atoms with van der Waals surface area (Å²) in [6.45, 7) is 7.52. The summed E-state index contributed by atoms with van der Waals surface area (Å²) in [5.41, 5.74) is 5.51. The van der Waals surface area contributed by atoms with E-state index >= 15 is 0 Å². The molecule has 2 aromatic rings. The summed E-state index contributed by atoms with van der Waals surface area (Å²) in [5, 5.41) is 0. The molecule has 1 saturated heterocycles. The Bertz CT molecular complexity index is 732. The van der Waals surface area contributed by atoms with Crippen LogP contribution in [0.1, 0.15) is 55.2 Å². The first kappa shape index (κ1) is 17.3. The molecule has 1 aromatic heterocycles. The molecule has 0 unspecified atom stereocenters. The molecule has 0 bridgehead atoms. The summed E-state index contributed by atoms with van der Waals surface area (Å²) in [6.07, 6.45) is 9.74. The molecule has 4 nitrogen and oxygen atoms in total. The molecule has 0 N–H and O–H groups in total. The third-order valence-corrected chi connectivity index (χ3v) is 5.94. The fourth-order valence-electron chi connectivity index (χ4n) is 4.21. The molecule has 138 valence electrons. The van der Waals surface area contributed by atoms with Gasteiger partial charge in [0.15, 0.2) is 0 Å². The van der Waals surface area contributed by atoms with E-state index in [4.69, 9.17) is 4.74 Å². The van der Waals surface area contributed by atoms with Crippen LogP contribution in [0, 0.1) is 12.8 Å². The molecule has 2 fully saturated rings. The normalized spacial score (nSPS) is 22.3. The zero-order valence-corrected chi connectivity index (χ0v) is 15.9. The van der Waals surface area contributed by atoms with Gasteiger partial charge in [0.2, 0.25) is 0 Å². The molecule has 1 aromatic carbocycles. The minimum Gasteiger partial charge on any atom is -0.463 e. The summed E-state index contributed by atoms with van der Waals surface area (Å²) in [4.78, 5) is 11.1. The van der Waals surface area contributed by atoms with Crippen molar-refractivity contribution in [3.63, 3.8) is 0 Å². The van der Waals surface area contributed by atoms with Crippen LogP contribution in [0.4, 0.5) is 5.69 Å². The lowest BCUT2D eigenvalue weighted by atomic mass is 9.71. The molecule has 0 atom stereocenters. The molecule has 1 saturated carbocycles. The van der Waals surface area contributed by atoms with Crippen LogP contribution in [-0.2, 0) is 6.42 Å². The standard InChI is InChI=1S/C22H29N3O/c1-3-17-13-23-22(24-14-17)26-15-18-11-19(12-18)21-7-6-20(10-16(21)2)25-8-4-5-9-25/h6-7,10,13-14,18-19H,3-5,8-9,11-12,15H2,1-2H3. The molecule has 1 aliphatic heterocycles. The van der Waals surface area contributed by atoms with E-state index in [2.05, 4.69) is 46.9 Å². The van der Waals surface area contributed by atoms with Gasteiger partial charge < -0.3 is 9.64 Å². The summed E-state index contributed by atoms with van der Waals surface area (Å²) in [5.74, 6) is 1.30. The average Bonchev–Trinajstić information content (AvgIpc) is 3.16. The van der Waals surface area contributed by atoms with Crippen molar-refractivity contribution in [2.24, 2.45) is 5.92 Å². The van der Waals surface area contributed by atoms with Gasteiger partial charge in [-0.25, -0.2) is 9.97 Å². The summed E-state index contributed by atoms with van der Waals surface area (Å²) in [6, 6.07) is 7.57. The van der Waals surface area contributed by atoms with E-state index in [1.165, 1.54) is 55.6 Å². The van der Waals surface area contributed by atoms with Crippen LogP contribution in [-0.4, -0.2) is 29.7 Å². The molecule has 26 heavy (non-hydrogen) atoms. The molecule has 0 amide bonds. The van der Waals surface area contributed by atoms with Crippen molar-refractivity contribution in [1.29, 1.82) is 0 Å². The first-order valence-corrected chi connectivity index (χ1v) is 10.0. The van der Waals surface area contributed by atoms with Gasteiger partial charge in [-0.15, -0.1) is 0 Å². The van der Waals surface area contributed by atoms with Crippen molar-refractivity contribution >= 4 is 5.69 Å². The first-order chi connectivity index (χ1) is 12.7. The molecule has 4 heteroatoms. The Hall–Kier alpha value is -2.10. The number of hydrogen-bond acceptors (Lipinski definition) is 4. The predicted octanol–water partition coefficient (Wildman–Crippen LogP) is 4.52. The predicted molar refractivity (Wildman–Crippen MR) is 105 cm³/mol. The van der Waals surface area contributed by atoms with Gasteiger partial charge in [-0.1, -0.05) is 13.0 Å². The Balaban J connectivity index is 1.28. The van der Waals surface area contributed by atoms with Gasteiger partial charge in [-0.3, -0.25) is 0 Å². The van der Waals surface area contributed by atoms with Crippen molar-refractivity contribution in [3.8, 4) is 6.01 Å². The van der Waals surface area contributed by atoms with E-state index in [1.54, 1.807) is 0 Å². The lowest BCUT2D eigenvalue weighted by molar-refractivity contribution is 0.149. The maximum absolute atomic E-state index is 5.78. The molecule has 1 aliphatic carbocycles. The minimum atomic E-state index is 0.511. The van der Waals surface area contributed by atoms with E-state index < -0.39 is 0 Å². The first-order valence-electron chi connectivity index (χ1n) is 10.0. The molecule has 0 radical (unpaired) electrons. The average molecular weight is 351 g/mol. The van der Waals surface area contributed by atoms with Crippen molar-refractivity contribution in [1.82, 2.24) is 9.97 Å². The number of anilines is 1. The Morgan fingerprint density at radius 3 is 2.50 bits per heavy atom. The SMILES string of the molecule is CCc1cnc(OCC2CC(c3ccc(N4CCCC4)cc3C)C2)nc1. The lowest BCUT2D eigenvalue weighted by Crippen LogP contribution is -2.28. The largest absolute Gasteiger partial charge is 0.463 e. The van der Waals surface area contributed by atoms with Crippen LogP contribution in [0.3, 0.4) is 0 Å². The highest BCUT2D eigenvalue weighted by atomic mass is 16.5. The van der Waals surface area contributed by atoms with E-state index in [0.29, 0.717) is 17.8 Å². The van der Waals surface area contributed by atoms with E-state index in [0.717, 1.165) is 18.6 Å². The maximum atomic E-state index is 5.78. The Labute approximate surface area is 156 Å². The van der Waals surface area contributed by atoms with E-state index in [1.807, 2.05) is 12.4 Å². The van der Waals surface area contributed by atoms with Crippen LogP contribution in [0.25, 0.3) is 0 Å². The van der Waals surface area contributed by atoms with Gasteiger partial charge in [0.1, 0.15) is 0 Å². The van der Waals surface area contributed by atoms with Gasteiger partial charge in [0.25, 0.3) is 0 Å². The third-order valence-electron chi connectivity index (χ3n) is 5.94. The highest BCUT2D eigenvalue weighted by Crippen LogP contribution is 2.43. The molecule has 4 rings (SSSR count). The van der Waals surface area contributed by atoms with Gasteiger partial charge in [-0.2, -0.15) is 0 Å². The third kappa shape index (κ3) is 3.69. The highest BCUT2D eigenvalue weighted by molar-refractivity contribution is 5.52. The summed E-state index contributed by atoms with van der Waals surface area (Å²) in [7, 11) is 0. The zero-order valence-electron chi connectivity index (χ0n) is 15.9.